The van der Waals surface area contributed by atoms with Crippen LogP contribution in [0.5, 0.6) is 0 Å². The second-order valence-corrected chi connectivity index (χ2v) is 7.10. The summed E-state index contributed by atoms with van der Waals surface area (Å²) in [5.74, 6) is 0.640. The van der Waals surface area contributed by atoms with Crippen LogP contribution in [0.3, 0.4) is 0 Å². The van der Waals surface area contributed by atoms with Crippen LogP contribution in [0, 0.1) is 5.92 Å². The summed E-state index contributed by atoms with van der Waals surface area (Å²) >= 11 is 0. The fourth-order valence-corrected chi connectivity index (χ4v) is 3.43. The second kappa shape index (κ2) is 8.48. The van der Waals surface area contributed by atoms with E-state index in [1.807, 2.05) is 29.2 Å². The maximum absolute atomic E-state index is 12.2. The molecule has 0 atom stereocenters. The molecule has 5 heteroatoms. The van der Waals surface area contributed by atoms with Gasteiger partial charge in [-0.05, 0) is 37.0 Å². The van der Waals surface area contributed by atoms with Crippen LogP contribution in [0.1, 0.15) is 42.1 Å². The molecule has 0 unspecified atom stereocenters. The van der Waals surface area contributed by atoms with Crippen LogP contribution in [-0.4, -0.2) is 60.9 Å². The Labute approximate surface area is 150 Å². The van der Waals surface area contributed by atoms with Crippen LogP contribution in [0.4, 0.5) is 0 Å². The molecule has 1 aromatic carbocycles. The van der Waals surface area contributed by atoms with E-state index >= 15 is 0 Å². The van der Waals surface area contributed by atoms with E-state index in [1.54, 1.807) is 0 Å². The Morgan fingerprint density at radius 2 is 1.76 bits per heavy atom. The summed E-state index contributed by atoms with van der Waals surface area (Å²) in [7, 11) is 0. The molecular formula is C20H29N3O2. The second-order valence-electron chi connectivity index (χ2n) is 7.10. The smallest absolute Gasteiger partial charge is 0.251 e. The van der Waals surface area contributed by atoms with Crippen molar-refractivity contribution >= 4 is 11.8 Å². The number of hydrogen-bond acceptors (Lipinski definition) is 3. The van der Waals surface area contributed by atoms with Gasteiger partial charge in [0, 0.05) is 50.7 Å². The number of carbonyl (C=O) groups is 2. The summed E-state index contributed by atoms with van der Waals surface area (Å²) < 4.78 is 0. The maximum atomic E-state index is 12.2. The van der Waals surface area contributed by atoms with Crippen molar-refractivity contribution in [3.8, 4) is 0 Å². The van der Waals surface area contributed by atoms with E-state index in [1.165, 1.54) is 12.0 Å². The number of benzene rings is 1. The number of nitrogens with one attached hydrogen (secondary N) is 1. The molecule has 1 aliphatic heterocycles. The number of amides is 2. The number of nitrogens with zero attached hydrogens (tertiary/aromatic N) is 2. The molecule has 1 heterocycles. The van der Waals surface area contributed by atoms with E-state index < -0.39 is 0 Å². The average molecular weight is 343 g/mol. The SMILES string of the molecule is CCc1ccc(C(=O)NCCN2CCN(C(=O)C3CCC3)CC2)cc1. The van der Waals surface area contributed by atoms with Gasteiger partial charge in [-0.15, -0.1) is 0 Å². The van der Waals surface area contributed by atoms with Gasteiger partial charge in [0.05, 0.1) is 0 Å². The Kier molecular flexibility index (Phi) is 6.08. The average Bonchev–Trinajstić information content (AvgIpc) is 2.61. The van der Waals surface area contributed by atoms with Crippen LogP contribution >= 0.6 is 0 Å². The third-order valence-corrected chi connectivity index (χ3v) is 5.48. The van der Waals surface area contributed by atoms with Crippen molar-refractivity contribution in [2.75, 3.05) is 39.3 Å². The van der Waals surface area contributed by atoms with Crippen LogP contribution in [0.15, 0.2) is 24.3 Å². The highest BCUT2D eigenvalue weighted by Crippen LogP contribution is 2.28. The Morgan fingerprint density at radius 1 is 1.08 bits per heavy atom. The largest absolute Gasteiger partial charge is 0.351 e. The van der Waals surface area contributed by atoms with Gasteiger partial charge in [-0.3, -0.25) is 14.5 Å². The third-order valence-electron chi connectivity index (χ3n) is 5.48. The first-order valence-electron chi connectivity index (χ1n) is 9.55. The molecule has 2 aliphatic rings. The van der Waals surface area contributed by atoms with E-state index in [4.69, 9.17) is 0 Å². The van der Waals surface area contributed by atoms with Crippen LogP contribution in [0.25, 0.3) is 0 Å². The molecule has 0 aromatic heterocycles. The zero-order chi connectivity index (χ0) is 17.6. The minimum absolute atomic E-state index is 0.0125. The number of rotatable bonds is 6. The van der Waals surface area contributed by atoms with E-state index in [0.717, 1.165) is 52.0 Å². The zero-order valence-corrected chi connectivity index (χ0v) is 15.2. The number of carbonyl (C=O) groups excluding carboxylic acids is 2. The van der Waals surface area contributed by atoms with Gasteiger partial charge < -0.3 is 10.2 Å². The molecule has 5 nitrogen and oxygen atoms in total. The fourth-order valence-electron chi connectivity index (χ4n) is 3.43. The summed E-state index contributed by atoms with van der Waals surface area (Å²) in [5.41, 5.74) is 1.96. The minimum Gasteiger partial charge on any atom is -0.351 e. The molecular weight excluding hydrogens is 314 g/mol. The van der Waals surface area contributed by atoms with Gasteiger partial charge in [0.2, 0.25) is 5.91 Å². The molecule has 2 amide bonds. The van der Waals surface area contributed by atoms with E-state index in [-0.39, 0.29) is 5.91 Å². The topological polar surface area (TPSA) is 52.7 Å². The molecule has 1 aliphatic carbocycles. The lowest BCUT2D eigenvalue weighted by Crippen LogP contribution is -2.52. The maximum Gasteiger partial charge on any atom is 0.251 e. The van der Waals surface area contributed by atoms with Gasteiger partial charge in [-0.2, -0.15) is 0 Å². The van der Waals surface area contributed by atoms with Gasteiger partial charge in [-0.25, -0.2) is 0 Å². The Hall–Kier alpha value is -1.88. The van der Waals surface area contributed by atoms with Crippen LogP contribution in [-0.2, 0) is 11.2 Å². The number of hydrogen-bond donors (Lipinski definition) is 1. The molecule has 2 fully saturated rings. The molecule has 25 heavy (non-hydrogen) atoms. The predicted molar refractivity (Wildman–Crippen MR) is 98.5 cm³/mol. The number of aryl methyl sites for hydroxylation is 1. The molecule has 136 valence electrons. The third kappa shape index (κ3) is 4.60. The highest BCUT2D eigenvalue weighted by molar-refractivity contribution is 5.94. The molecule has 1 saturated carbocycles. The fraction of sp³-hybridized carbons (Fsp3) is 0.600. The van der Waals surface area contributed by atoms with Gasteiger partial charge in [-0.1, -0.05) is 25.5 Å². The first-order chi connectivity index (χ1) is 12.2. The molecule has 1 saturated heterocycles. The van der Waals surface area contributed by atoms with Crippen LogP contribution < -0.4 is 5.32 Å². The summed E-state index contributed by atoms with van der Waals surface area (Å²) in [6, 6.07) is 7.79. The van der Waals surface area contributed by atoms with Crippen molar-refractivity contribution in [3.63, 3.8) is 0 Å². The standard InChI is InChI=1S/C20H29N3O2/c1-2-16-6-8-17(9-7-16)19(24)21-10-11-22-12-14-23(15-13-22)20(25)18-4-3-5-18/h6-9,18H,2-5,10-15H2,1H3,(H,21,24). The van der Waals surface area contributed by atoms with Gasteiger partial charge in [0.1, 0.15) is 0 Å². The summed E-state index contributed by atoms with van der Waals surface area (Å²) in [4.78, 5) is 28.7. The molecule has 1 aromatic rings. The lowest BCUT2D eigenvalue weighted by Gasteiger charge is -2.38. The van der Waals surface area contributed by atoms with E-state index in [2.05, 4.69) is 17.1 Å². The number of piperazine rings is 1. The highest BCUT2D eigenvalue weighted by Gasteiger charge is 2.30. The first kappa shape index (κ1) is 17.9. The van der Waals surface area contributed by atoms with Gasteiger partial charge in [0.25, 0.3) is 5.91 Å². The lowest BCUT2D eigenvalue weighted by molar-refractivity contribution is -0.139. The summed E-state index contributed by atoms with van der Waals surface area (Å²) in [5, 5.41) is 2.99. The van der Waals surface area contributed by atoms with Crippen molar-refractivity contribution in [1.29, 1.82) is 0 Å². The van der Waals surface area contributed by atoms with Crippen molar-refractivity contribution in [1.82, 2.24) is 15.1 Å². The van der Waals surface area contributed by atoms with Gasteiger partial charge in [0.15, 0.2) is 0 Å². The van der Waals surface area contributed by atoms with Crippen molar-refractivity contribution in [3.05, 3.63) is 35.4 Å². The Balaban J connectivity index is 1.35. The monoisotopic (exact) mass is 343 g/mol. The first-order valence-corrected chi connectivity index (χ1v) is 9.55. The zero-order valence-electron chi connectivity index (χ0n) is 15.2. The van der Waals surface area contributed by atoms with E-state index in [9.17, 15) is 9.59 Å². The van der Waals surface area contributed by atoms with Crippen molar-refractivity contribution in [2.24, 2.45) is 5.92 Å². The summed E-state index contributed by atoms with van der Waals surface area (Å²) in [6.07, 6.45) is 4.34. The lowest BCUT2D eigenvalue weighted by atomic mass is 9.84. The molecule has 0 radical (unpaired) electrons. The van der Waals surface area contributed by atoms with Gasteiger partial charge >= 0.3 is 0 Å². The molecule has 0 spiro atoms. The molecule has 0 bridgehead atoms. The normalized spacial score (nSPS) is 18.7. The molecule has 3 rings (SSSR count). The van der Waals surface area contributed by atoms with Crippen LogP contribution in [0.2, 0.25) is 0 Å². The predicted octanol–water partition coefficient (Wildman–Crippen LogP) is 1.92. The van der Waals surface area contributed by atoms with Crippen molar-refractivity contribution < 1.29 is 9.59 Å². The Morgan fingerprint density at radius 3 is 2.32 bits per heavy atom. The minimum atomic E-state index is -0.0125. The highest BCUT2D eigenvalue weighted by atomic mass is 16.2. The van der Waals surface area contributed by atoms with E-state index in [0.29, 0.717) is 23.9 Å². The Bertz CT molecular complexity index is 587. The quantitative estimate of drug-likeness (QED) is 0.859. The molecule has 1 N–H and O–H groups in total. The van der Waals surface area contributed by atoms with Crippen molar-refractivity contribution in [2.45, 2.75) is 32.6 Å². The summed E-state index contributed by atoms with van der Waals surface area (Å²) in [6.45, 7) is 7.03.